The van der Waals surface area contributed by atoms with Crippen molar-refractivity contribution >= 4 is 23.7 Å². The monoisotopic (exact) mass is 708 g/mol. The summed E-state index contributed by atoms with van der Waals surface area (Å²) >= 11 is 0. The third kappa shape index (κ3) is 12.1. The Bertz CT molecular complexity index is 1050. The van der Waals surface area contributed by atoms with Crippen molar-refractivity contribution in [2.75, 3.05) is 32.9 Å². The number of carbonyl (C=O) groups is 4. The number of aliphatic hydroxyl groups is 7. The molecule has 49 heavy (non-hydrogen) atoms. The molecule has 3 aliphatic rings. The van der Waals surface area contributed by atoms with Gasteiger partial charge in [-0.15, -0.1) is 5.06 Å². The van der Waals surface area contributed by atoms with Gasteiger partial charge in [0, 0.05) is 38.8 Å². The quantitative estimate of drug-likeness (QED) is 0.0513. The van der Waals surface area contributed by atoms with Gasteiger partial charge in [0.1, 0.15) is 42.7 Å². The molecule has 0 bridgehead atoms. The average molecular weight is 709 g/mol. The predicted molar refractivity (Wildman–Crippen MR) is 163 cm³/mol. The summed E-state index contributed by atoms with van der Waals surface area (Å²) in [4.78, 5) is 54.5. The lowest BCUT2D eigenvalue weighted by molar-refractivity contribution is -0.301. The van der Waals surface area contributed by atoms with E-state index in [1.807, 2.05) is 0 Å². The first-order chi connectivity index (χ1) is 23.3. The normalized spacial score (nSPS) is 32.0. The van der Waals surface area contributed by atoms with Gasteiger partial charge in [0.25, 0.3) is 11.8 Å². The van der Waals surface area contributed by atoms with Crippen molar-refractivity contribution in [3.05, 3.63) is 0 Å². The molecule has 18 heteroatoms. The van der Waals surface area contributed by atoms with E-state index in [4.69, 9.17) is 23.8 Å². The van der Waals surface area contributed by atoms with Crippen LogP contribution in [0.4, 0.5) is 0 Å². The lowest BCUT2D eigenvalue weighted by Gasteiger charge is -2.39. The van der Waals surface area contributed by atoms with Crippen LogP contribution in [0.3, 0.4) is 0 Å². The first kappa shape index (κ1) is 41.1. The molecule has 3 heterocycles. The molecule has 0 aromatic heterocycles. The van der Waals surface area contributed by atoms with Gasteiger partial charge in [0.2, 0.25) is 5.91 Å². The Hall–Kier alpha value is -2.36. The first-order valence-corrected chi connectivity index (χ1v) is 16.9. The van der Waals surface area contributed by atoms with E-state index in [2.05, 4.69) is 0 Å². The molecule has 18 nitrogen and oxygen atoms in total. The van der Waals surface area contributed by atoms with E-state index >= 15 is 0 Å². The van der Waals surface area contributed by atoms with Crippen molar-refractivity contribution in [2.24, 2.45) is 0 Å². The van der Waals surface area contributed by atoms with Crippen molar-refractivity contribution in [3.8, 4) is 0 Å². The number of ether oxygens (including phenoxy) is 4. The van der Waals surface area contributed by atoms with Gasteiger partial charge in [0.15, 0.2) is 12.6 Å². The Morgan fingerprint density at radius 2 is 1.27 bits per heavy atom. The summed E-state index contributed by atoms with van der Waals surface area (Å²) in [7, 11) is 0. The van der Waals surface area contributed by atoms with Gasteiger partial charge in [0.05, 0.1) is 25.9 Å². The van der Waals surface area contributed by atoms with Crippen LogP contribution in [0.1, 0.15) is 77.6 Å². The van der Waals surface area contributed by atoms with Gasteiger partial charge in [-0.05, 0) is 26.2 Å². The van der Waals surface area contributed by atoms with Crippen LogP contribution in [-0.2, 0) is 43.0 Å². The number of hydrogen-bond acceptors (Lipinski definition) is 16. The largest absolute Gasteiger partial charge is 0.394 e. The number of hydroxylamine groups is 2. The molecular formula is C31H52N2O16. The molecule has 0 unspecified atom stereocenters. The maximum Gasteiger partial charge on any atom is 0.333 e. The summed E-state index contributed by atoms with van der Waals surface area (Å²) in [5, 5.41) is 70.2. The molecule has 3 fully saturated rings. The number of unbranched alkanes of at least 4 members (excludes halogenated alkanes) is 5. The maximum absolute atomic E-state index is 13.2. The second-order valence-electron chi connectivity index (χ2n) is 12.5. The van der Waals surface area contributed by atoms with Crippen molar-refractivity contribution in [3.63, 3.8) is 0 Å². The predicted octanol–water partition coefficient (Wildman–Crippen LogP) is -2.41. The van der Waals surface area contributed by atoms with Crippen LogP contribution in [0.5, 0.6) is 0 Å². The Morgan fingerprint density at radius 3 is 1.90 bits per heavy atom. The van der Waals surface area contributed by atoms with E-state index in [0.717, 1.165) is 25.7 Å². The summed E-state index contributed by atoms with van der Waals surface area (Å²) in [6, 6.07) is 0. The molecule has 3 amide bonds. The third-order valence-electron chi connectivity index (χ3n) is 8.73. The van der Waals surface area contributed by atoms with Crippen molar-refractivity contribution < 1.29 is 78.7 Å². The molecule has 7 N–H and O–H groups in total. The fraction of sp³-hybridized carbons (Fsp3) is 0.871. The minimum atomic E-state index is -1.58. The number of amides is 3. The van der Waals surface area contributed by atoms with Gasteiger partial charge in [-0.2, -0.15) is 0 Å². The van der Waals surface area contributed by atoms with Crippen LogP contribution in [0.2, 0.25) is 0 Å². The van der Waals surface area contributed by atoms with E-state index in [1.165, 1.54) is 11.8 Å². The zero-order valence-electron chi connectivity index (χ0n) is 27.8. The molecule has 3 aliphatic heterocycles. The fourth-order valence-corrected chi connectivity index (χ4v) is 5.67. The number of imide groups is 1. The van der Waals surface area contributed by atoms with Gasteiger partial charge in [-0.3, -0.25) is 14.4 Å². The van der Waals surface area contributed by atoms with E-state index in [0.29, 0.717) is 17.9 Å². The molecule has 3 rings (SSSR count). The molecule has 0 saturated carbocycles. The molecule has 282 valence electrons. The highest BCUT2D eigenvalue weighted by molar-refractivity contribution is 6.01. The van der Waals surface area contributed by atoms with E-state index in [9.17, 15) is 54.9 Å². The van der Waals surface area contributed by atoms with Crippen LogP contribution in [0.15, 0.2) is 0 Å². The SMILES string of the molecule is C[C@@H]1O[C@@H](OCCN(CCCO[C@H]2O[C@H](CO)[C@@H](O)[C@H](O)[C@@H]2O)C(=O)CCCCCCCCC(=O)ON2C(=O)CCC2=O)[C@@H](O)[C@H](O)[C@@H]1O. The molecule has 0 aliphatic carbocycles. The van der Waals surface area contributed by atoms with Crippen molar-refractivity contribution in [1.29, 1.82) is 0 Å². The van der Waals surface area contributed by atoms with Crippen LogP contribution in [-0.4, -0.2) is 164 Å². The highest BCUT2D eigenvalue weighted by Crippen LogP contribution is 2.23. The third-order valence-corrected chi connectivity index (χ3v) is 8.73. The van der Waals surface area contributed by atoms with Crippen molar-refractivity contribution in [2.45, 2.75) is 139 Å². The Kier molecular flexibility index (Phi) is 17.2. The second kappa shape index (κ2) is 20.5. The van der Waals surface area contributed by atoms with Crippen LogP contribution < -0.4 is 0 Å². The standard InChI is InChI=1S/C31H52N2O16/c1-18-24(39)26(41)28(43)30(47-18)46-16-14-32(13-8-15-45-31-29(44)27(42)25(40)19(17-34)48-31)20(35)9-6-4-2-3-5-7-10-23(38)49-33-21(36)11-12-22(33)37/h18-19,24-31,34,39-44H,2-17H2,1H3/t18-,19+,24+,25+,26+,27-,28-,29-,30+,31-/m0/s1. The van der Waals surface area contributed by atoms with Crippen molar-refractivity contribution in [1.82, 2.24) is 9.96 Å². The average Bonchev–Trinajstić information content (AvgIpc) is 3.39. The summed E-state index contributed by atoms with van der Waals surface area (Å²) in [5.41, 5.74) is 0. The zero-order chi connectivity index (χ0) is 36.1. The summed E-state index contributed by atoms with van der Waals surface area (Å²) in [5.74, 6) is -1.86. The number of aliphatic hydroxyl groups excluding tert-OH is 7. The Morgan fingerprint density at radius 1 is 0.714 bits per heavy atom. The first-order valence-electron chi connectivity index (χ1n) is 16.9. The molecule has 10 atom stereocenters. The van der Waals surface area contributed by atoms with Gasteiger partial charge >= 0.3 is 5.97 Å². The van der Waals surface area contributed by atoms with Crippen LogP contribution in [0.25, 0.3) is 0 Å². The topological polar surface area (TPSA) is 263 Å². The number of hydrogen-bond donors (Lipinski definition) is 7. The van der Waals surface area contributed by atoms with Crippen LogP contribution in [0, 0.1) is 0 Å². The molecule has 0 aromatic carbocycles. The molecule has 3 saturated heterocycles. The van der Waals surface area contributed by atoms with E-state index < -0.39 is 85.8 Å². The highest BCUT2D eigenvalue weighted by Gasteiger charge is 2.44. The maximum atomic E-state index is 13.2. The van der Waals surface area contributed by atoms with Gasteiger partial charge < -0.3 is 64.4 Å². The molecule has 0 aromatic rings. The summed E-state index contributed by atoms with van der Waals surface area (Å²) in [6.45, 7) is 1.18. The van der Waals surface area contributed by atoms with E-state index in [-0.39, 0.29) is 64.3 Å². The van der Waals surface area contributed by atoms with Crippen LogP contribution >= 0.6 is 0 Å². The fourth-order valence-electron chi connectivity index (χ4n) is 5.67. The number of rotatable bonds is 20. The Balaban J connectivity index is 1.39. The minimum absolute atomic E-state index is 0.00242. The second-order valence-corrected chi connectivity index (χ2v) is 12.5. The molecular weight excluding hydrogens is 656 g/mol. The number of nitrogens with zero attached hydrogens (tertiary/aromatic N) is 2. The lowest BCUT2D eigenvalue weighted by atomic mass is 9.99. The van der Waals surface area contributed by atoms with Gasteiger partial charge in [-0.1, -0.05) is 25.7 Å². The smallest absolute Gasteiger partial charge is 0.333 e. The minimum Gasteiger partial charge on any atom is -0.394 e. The summed E-state index contributed by atoms with van der Waals surface area (Å²) < 4.78 is 21.9. The molecule has 0 radical (unpaired) electrons. The number of carbonyl (C=O) groups excluding carboxylic acids is 4. The zero-order valence-corrected chi connectivity index (χ0v) is 27.8. The van der Waals surface area contributed by atoms with Gasteiger partial charge in [-0.25, -0.2) is 4.79 Å². The molecule has 0 spiro atoms. The highest BCUT2D eigenvalue weighted by atomic mass is 16.7. The Labute approximate surface area is 284 Å². The summed E-state index contributed by atoms with van der Waals surface area (Å²) in [6.07, 6.45) is -8.46. The van der Waals surface area contributed by atoms with E-state index in [1.54, 1.807) is 0 Å². The lowest BCUT2D eigenvalue weighted by Crippen LogP contribution is -2.59.